The molecule has 1 saturated heterocycles. The molecule has 1 aliphatic carbocycles. The molecule has 1 unspecified atom stereocenters. The summed E-state index contributed by atoms with van der Waals surface area (Å²) in [6, 6.07) is 9.93. The van der Waals surface area contributed by atoms with Crippen molar-refractivity contribution in [3.05, 3.63) is 35.4 Å². The van der Waals surface area contributed by atoms with Gasteiger partial charge in [-0.3, -0.25) is 4.99 Å². The zero-order chi connectivity index (χ0) is 18.6. The van der Waals surface area contributed by atoms with Gasteiger partial charge in [0.05, 0.1) is 0 Å². The van der Waals surface area contributed by atoms with E-state index in [-0.39, 0.29) is 29.4 Å². The Morgan fingerprint density at radius 2 is 1.81 bits per heavy atom. The van der Waals surface area contributed by atoms with Crippen LogP contribution in [0.4, 0.5) is 0 Å². The molecule has 4 nitrogen and oxygen atoms in total. The van der Waals surface area contributed by atoms with Crippen molar-refractivity contribution in [3.63, 3.8) is 0 Å². The number of guanidine groups is 1. The molecule has 3 rings (SSSR count). The smallest absolute Gasteiger partial charge is 0.190 e. The Labute approximate surface area is 182 Å². The van der Waals surface area contributed by atoms with E-state index < -0.39 is 0 Å². The number of aliphatic imine (C=N–C) groups is 1. The van der Waals surface area contributed by atoms with Crippen molar-refractivity contribution in [2.24, 2.45) is 10.9 Å². The lowest BCUT2D eigenvalue weighted by Gasteiger charge is -2.19. The van der Waals surface area contributed by atoms with Crippen LogP contribution in [-0.4, -0.2) is 50.1 Å². The van der Waals surface area contributed by atoms with Gasteiger partial charge in [0.1, 0.15) is 0 Å². The number of rotatable bonds is 6. The van der Waals surface area contributed by atoms with Crippen LogP contribution < -0.4 is 10.6 Å². The van der Waals surface area contributed by atoms with E-state index in [4.69, 9.17) is 0 Å². The summed E-state index contributed by atoms with van der Waals surface area (Å²) in [6.07, 6.45) is 5.17. The van der Waals surface area contributed by atoms with E-state index in [1.807, 2.05) is 7.05 Å². The maximum absolute atomic E-state index is 4.37. The molecule has 1 aromatic carbocycles. The summed E-state index contributed by atoms with van der Waals surface area (Å²) in [5, 5.41) is 6.98. The fourth-order valence-corrected chi connectivity index (χ4v) is 3.76. The van der Waals surface area contributed by atoms with Crippen LogP contribution in [0.25, 0.3) is 0 Å². The van der Waals surface area contributed by atoms with Crippen LogP contribution >= 0.6 is 24.0 Å². The lowest BCUT2D eigenvalue weighted by atomic mass is 9.86. The highest BCUT2D eigenvalue weighted by atomic mass is 127. The van der Waals surface area contributed by atoms with Crippen molar-refractivity contribution in [2.75, 3.05) is 33.2 Å². The second kappa shape index (κ2) is 10.1. The number of hydrogen-bond donors (Lipinski definition) is 2. The van der Waals surface area contributed by atoms with Crippen molar-refractivity contribution in [3.8, 4) is 0 Å². The Kier molecular flexibility index (Phi) is 8.40. The second-order valence-corrected chi connectivity index (χ2v) is 8.96. The molecule has 27 heavy (non-hydrogen) atoms. The van der Waals surface area contributed by atoms with Crippen LogP contribution in [0.15, 0.2) is 29.3 Å². The summed E-state index contributed by atoms with van der Waals surface area (Å²) in [4.78, 5) is 7.04. The second-order valence-electron chi connectivity index (χ2n) is 8.96. The van der Waals surface area contributed by atoms with Crippen molar-refractivity contribution < 1.29 is 0 Å². The van der Waals surface area contributed by atoms with Gasteiger partial charge in [0.15, 0.2) is 5.96 Å². The number of halogens is 1. The van der Waals surface area contributed by atoms with E-state index in [2.05, 4.69) is 65.6 Å². The predicted molar refractivity (Wildman–Crippen MR) is 126 cm³/mol. The molecule has 0 aromatic heterocycles. The Bertz CT molecular complexity index is 602. The third kappa shape index (κ3) is 6.93. The van der Waals surface area contributed by atoms with Gasteiger partial charge in [0.25, 0.3) is 0 Å². The lowest BCUT2D eigenvalue weighted by molar-refractivity contribution is 0.314. The monoisotopic (exact) mass is 484 g/mol. The van der Waals surface area contributed by atoms with Gasteiger partial charge in [-0.15, -0.1) is 24.0 Å². The molecule has 0 amide bonds. The van der Waals surface area contributed by atoms with Gasteiger partial charge in [-0.1, -0.05) is 45.0 Å². The third-order valence-electron chi connectivity index (χ3n) is 5.69. The highest BCUT2D eigenvalue weighted by Crippen LogP contribution is 2.31. The third-order valence-corrected chi connectivity index (χ3v) is 5.69. The molecular formula is C22H37IN4. The summed E-state index contributed by atoms with van der Waals surface area (Å²) < 4.78 is 0. The summed E-state index contributed by atoms with van der Waals surface area (Å²) in [6.45, 7) is 11.3. The fraction of sp³-hybridized carbons (Fsp3) is 0.682. The van der Waals surface area contributed by atoms with Gasteiger partial charge >= 0.3 is 0 Å². The van der Waals surface area contributed by atoms with Crippen LogP contribution in [0.2, 0.25) is 0 Å². The maximum atomic E-state index is 4.37. The molecule has 2 N–H and O–H groups in total. The van der Waals surface area contributed by atoms with E-state index >= 15 is 0 Å². The standard InChI is InChI=1S/C22H36N4.HI/c1-22(2,3)19-7-5-17(6-8-19)11-13-24-21(23-4)25-15-18-12-14-26(16-18)20-9-10-20;/h5-8,18,20H,9-16H2,1-4H3,(H2,23,24,25);1H. The van der Waals surface area contributed by atoms with E-state index in [1.54, 1.807) is 0 Å². The van der Waals surface area contributed by atoms with Gasteiger partial charge in [-0.05, 0) is 54.7 Å². The fourth-order valence-electron chi connectivity index (χ4n) is 3.76. The Morgan fingerprint density at radius 1 is 1.11 bits per heavy atom. The molecule has 0 bridgehead atoms. The number of nitrogens with one attached hydrogen (secondary N) is 2. The molecule has 0 radical (unpaired) electrons. The first-order chi connectivity index (χ1) is 12.5. The molecule has 1 saturated carbocycles. The summed E-state index contributed by atoms with van der Waals surface area (Å²) in [7, 11) is 1.86. The molecule has 152 valence electrons. The van der Waals surface area contributed by atoms with Gasteiger partial charge < -0.3 is 15.5 Å². The highest BCUT2D eigenvalue weighted by Gasteiger charge is 2.34. The maximum Gasteiger partial charge on any atom is 0.190 e. The zero-order valence-electron chi connectivity index (χ0n) is 17.4. The number of nitrogens with zero attached hydrogens (tertiary/aromatic N) is 2. The molecule has 0 spiro atoms. The van der Waals surface area contributed by atoms with E-state index in [9.17, 15) is 0 Å². The highest BCUT2D eigenvalue weighted by molar-refractivity contribution is 14.0. The SMILES string of the molecule is CN=C(NCCc1ccc(C(C)(C)C)cc1)NCC1CCN(C2CC2)C1.I. The van der Waals surface area contributed by atoms with E-state index in [0.717, 1.165) is 37.4 Å². The number of likely N-dealkylation sites (tertiary alicyclic amines) is 1. The minimum absolute atomic E-state index is 0. The van der Waals surface area contributed by atoms with Crippen LogP contribution in [0.5, 0.6) is 0 Å². The van der Waals surface area contributed by atoms with Crippen LogP contribution in [0.3, 0.4) is 0 Å². The Hall–Kier alpha value is -0.820. The summed E-state index contributed by atoms with van der Waals surface area (Å²) in [5.74, 6) is 1.69. The van der Waals surface area contributed by atoms with Crippen LogP contribution in [0, 0.1) is 5.92 Å². The van der Waals surface area contributed by atoms with Crippen molar-refractivity contribution in [1.82, 2.24) is 15.5 Å². The number of hydrogen-bond acceptors (Lipinski definition) is 2. The molecular weight excluding hydrogens is 447 g/mol. The first-order valence-electron chi connectivity index (χ1n) is 10.2. The Balaban J connectivity index is 0.00000261. The molecule has 1 aliphatic heterocycles. The largest absolute Gasteiger partial charge is 0.356 e. The summed E-state index contributed by atoms with van der Waals surface area (Å²) in [5.41, 5.74) is 2.98. The first kappa shape index (κ1) is 22.5. The van der Waals surface area contributed by atoms with Crippen LogP contribution in [-0.2, 0) is 11.8 Å². The van der Waals surface area contributed by atoms with Gasteiger partial charge in [-0.25, -0.2) is 0 Å². The molecule has 1 atom stereocenters. The molecule has 1 heterocycles. The molecule has 2 aliphatic rings. The average molecular weight is 484 g/mol. The molecule has 2 fully saturated rings. The zero-order valence-corrected chi connectivity index (χ0v) is 19.8. The van der Waals surface area contributed by atoms with Crippen LogP contribution in [0.1, 0.15) is 51.2 Å². The van der Waals surface area contributed by atoms with Crippen molar-refractivity contribution in [2.45, 2.75) is 57.9 Å². The minimum Gasteiger partial charge on any atom is -0.356 e. The van der Waals surface area contributed by atoms with E-state index in [1.165, 1.54) is 43.5 Å². The summed E-state index contributed by atoms with van der Waals surface area (Å²) >= 11 is 0. The normalized spacial score (nSPS) is 21.0. The first-order valence-corrected chi connectivity index (χ1v) is 10.2. The lowest BCUT2D eigenvalue weighted by Crippen LogP contribution is -2.41. The van der Waals surface area contributed by atoms with E-state index in [0.29, 0.717) is 0 Å². The quantitative estimate of drug-likeness (QED) is 0.367. The van der Waals surface area contributed by atoms with Crippen molar-refractivity contribution >= 4 is 29.9 Å². The molecule has 1 aromatic rings. The van der Waals surface area contributed by atoms with Gasteiger partial charge in [0.2, 0.25) is 0 Å². The average Bonchev–Trinajstić information content (AvgIpc) is 3.36. The topological polar surface area (TPSA) is 39.7 Å². The van der Waals surface area contributed by atoms with Crippen molar-refractivity contribution in [1.29, 1.82) is 0 Å². The van der Waals surface area contributed by atoms with Gasteiger partial charge in [0, 0.05) is 32.7 Å². The number of benzene rings is 1. The Morgan fingerprint density at radius 3 is 2.41 bits per heavy atom. The minimum atomic E-state index is 0. The predicted octanol–water partition coefficient (Wildman–Crippen LogP) is 3.79. The molecule has 5 heteroatoms. The van der Waals surface area contributed by atoms with Gasteiger partial charge in [-0.2, -0.15) is 0 Å².